The van der Waals surface area contributed by atoms with Crippen LogP contribution in [0.25, 0.3) is 0 Å². The second-order valence-corrected chi connectivity index (χ2v) is 7.43. The van der Waals surface area contributed by atoms with E-state index in [4.69, 9.17) is 16.3 Å². The van der Waals surface area contributed by atoms with Gasteiger partial charge in [0.2, 0.25) is 5.60 Å². The molecule has 3 rings (SSSR count). The number of alkyl halides is 3. The van der Waals surface area contributed by atoms with Gasteiger partial charge in [-0.05, 0) is 32.4 Å². The predicted molar refractivity (Wildman–Crippen MR) is 73.6 cm³/mol. The summed E-state index contributed by atoms with van der Waals surface area (Å²) in [6.45, 7) is 1.83. The molecule has 118 valence electrons. The fourth-order valence-corrected chi connectivity index (χ4v) is 4.63. The van der Waals surface area contributed by atoms with Gasteiger partial charge in [0.15, 0.2) is 0 Å². The number of aliphatic hydroxyl groups is 1. The monoisotopic (exact) mass is 341 g/mol. The Morgan fingerprint density at radius 1 is 1.52 bits per heavy atom. The molecule has 2 unspecified atom stereocenters. The molecule has 21 heavy (non-hydrogen) atoms. The fourth-order valence-electron chi connectivity index (χ4n) is 3.15. The van der Waals surface area contributed by atoms with Crippen molar-refractivity contribution in [2.45, 2.75) is 43.2 Å². The zero-order valence-electron chi connectivity index (χ0n) is 11.3. The maximum absolute atomic E-state index is 13.3. The van der Waals surface area contributed by atoms with Crippen molar-refractivity contribution in [2.24, 2.45) is 0 Å². The van der Waals surface area contributed by atoms with Crippen molar-refractivity contribution < 1.29 is 23.0 Å². The zero-order valence-corrected chi connectivity index (χ0v) is 12.8. The molecule has 1 spiro atoms. The number of piperidine rings is 1. The van der Waals surface area contributed by atoms with Crippen molar-refractivity contribution in [3.05, 3.63) is 20.8 Å². The smallest absolute Gasteiger partial charge is 0.375 e. The molecule has 3 nitrogen and oxygen atoms in total. The van der Waals surface area contributed by atoms with Crippen LogP contribution in [0.5, 0.6) is 0 Å². The van der Waals surface area contributed by atoms with Crippen LogP contribution in [0.15, 0.2) is 6.07 Å². The van der Waals surface area contributed by atoms with E-state index in [1.54, 1.807) is 0 Å². The highest BCUT2D eigenvalue weighted by Gasteiger charge is 2.62. The summed E-state index contributed by atoms with van der Waals surface area (Å²) in [5.41, 5.74) is -3.91. The Morgan fingerprint density at radius 3 is 2.86 bits per heavy atom. The van der Waals surface area contributed by atoms with Gasteiger partial charge < -0.3 is 15.2 Å². The minimum atomic E-state index is -4.80. The molecule has 0 radical (unpaired) electrons. The Morgan fingerprint density at radius 2 is 2.24 bits per heavy atom. The molecule has 1 fully saturated rings. The molecule has 0 saturated carbocycles. The van der Waals surface area contributed by atoms with E-state index in [2.05, 4.69) is 5.32 Å². The number of hydrogen-bond acceptors (Lipinski definition) is 4. The molecule has 1 aromatic heterocycles. The van der Waals surface area contributed by atoms with Gasteiger partial charge in [-0.15, -0.1) is 11.3 Å². The highest BCUT2D eigenvalue weighted by molar-refractivity contribution is 7.16. The van der Waals surface area contributed by atoms with E-state index in [1.165, 1.54) is 6.07 Å². The number of rotatable bonds is 0. The molecule has 1 saturated heterocycles. The Hall–Kier alpha value is -0.340. The SMILES string of the molecule is C[C@H]1CC2(CCN1)OCC(O)(C(F)(F)F)c1cc(Cl)sc12. The number of thiophene rings is 1. The summed E-state index contributed by atoms with van der Waals surface area (Å²) in [6.07, 6.45) is -3.67. The first-order valence-electron chi connectivity index (χ1n) is 6.65. The summed E-state index contributed by atoms with van der Waals surface area (Å²) >= 11 is 7.00. The molecule has 0 amide bonds. The molecule has 0 aliphatic carbocycles. The van der Waals surface area contributed by atoms with Crippen molar-refractivity contribution in [1.29, 1.82) is 0 Å². The molecular formula is C13H15ClF3NO2S. The second kappa shape index (κ2) is 4.83. The van der Waals surface area contributed by atoms with Gasteiger partial charge in [-0.2, -0.15) is 13.2 Å². The highest BCUT2D eigenvalue weighted by Crippen LogP contribution is 2.54. The van der Waals surface area contributed by atoms with Crippen LogP contribution in [0.4, 0.5) is 13.2 Å². The fraction of sp³-hybridized carbons (Fsp3) is 0.692. The maximum atomic E-state index is 13.3. The van der Waals surface area contributed by atoms with Gasteiger partial charge in [0.25, 0.3) is 0 Å². The van der Waals surface area contributed by atoms with Gasteiger partial charge in [0.1, 0.15) is 5.60 Å². The molecule has 3 atom stereocenters. The Bertz CT molecular complexity index is 564. The lowest BCUT2D eigenvalue weighted by molar-refractivity contribution is -0.302. The molecule has 2 aliphatic rings. The normalized spacial score (nSPS) is 36.8. The lowest BCUT2D eigenvalue weighted by Gasteiger charge is -2.47. The third kappa shape index (κ3) is 2.30. The Balaban J connectivity index is 2.12. The maximum Gasteiger partial charge on any atom is 0.423 e. The van der Waals surface area contributed by atoms with Crippen LogP contribution < -0.4 is 5.32 Å². The lowest BCUT2D eigenvalue weighted by atomic mass is 9.79. The van der Waals surface area contributed by atoms with E-state index in [1.807, 2.05) is 6.92 Å². The first-order chi connectivity index (χ1) is 9.68. The predicted octanol–water partition coefficient (Wildman–Crippen LogP) is 3.15. The molecule has 0 bridgehead atoms. The van der Waals surface area contributed by atoms with Crippen LogP contribution in [0.1, 0.15) is 30.2 Å². The number of hydrogen-bond donors (Lipinski definition) is 2. The Labute approximate surface area is 129 Å². The van der Waals surface area contributed by atoms with E-state index in [-0.39, 0.29) is 15.9 Å². The van der Waals surface area contributed by atoms with Gasteiger partial charge in [-0.3, -0.25) is 0 Å². The summed E-state index contributed by atoms with van der Waals surface area (Å²) in [4.78, 5) is 0.409. The summed E-state index contributed by atoms with van der Waals surface area (Å²) in [5.74, 6) is 0. The van der Waals surface area contributed by atoms with Crippen LogP contribution in [0.3, 0.4) is 0 Å². The first kappa shape index (κ1) is 15.6. The quantitative estimate of drug-likeness (QED) is 0.761. The zero-order chi connectivity index (χ0) is 15.5. The molecule has 1 aromatic rings. The van der Waals surface area contributed by atoms with Crippen molar-refractivity contribution in [3.63, 3.8) is 0 Å². The highest BCUT2D eigenvalue weighted by atomic mass is 35.5. The van der Waals surface area contributed by atoms with Gasteiger partial charge >= 0.3 is 6.18 Å². The van der Waals surface area contributed by atoms with Gasteiger partial charge in [0, 0.05) is 16.5 Å². The third-order valence-corrected chi connectivity index (χ3v) is 5.69. The van der Waals surface area contributed by atoms with Crippen molar-refractivity contribution in [3.8, 4) is 0 Å². The van der Waals surface area contributed by atoms with Crippen LogP contribution in [-0.4, -0.2) is 30.5 Å². The van der Waals surface area contributed by atoms with Crippen molar-refractivity contribution in [2.75, 3.05) is 13.2 Å². The molecule has 8 heteroatoms. The number of fused-ring (bicyclic) bond motifs is 2. The largest absolute Gasteiger partial charge is 0.423 e. The first-order valence-corrected chi connectivity index (χ1v) is 7.84. The number of nitrogens with one attached hydrogen (secondary N) is 1. The van der Waals surface area contributed by atoms with Crippen LogP contribution in [-0.2, 0) is 15.9 Å². The van der Waals surface area contributed by atoms with E-state index in [9.17, 15) is 18.3 Å². The second-order valence-electron chi connectivity index (χ2n) is 5.74. The van der Waals surface area contributed by atoms with Gasteiger partial charge in [-0.25, -0.2) is 0 Å². The minimum absolute atomic E-state index is 0.129. The van der Waals surface area contributed by atoms with Crippen molar-refractivity contribution >= 4 is 22.9 Å². The Kier molecular flexibility index (Phi) is 3.57. The van der Waals surface area contributed by atoms with Crippen LogP contribution in [0.2, 0.25) is 4.34 Å². The summed E-state index contributed by atoms with van der Waals surface area (Å²) in [5, 5.41) is 13.4. The van der Waals surface area contributed by atoms with Crippen molar-refractivity contribution in [1.82, 2.24) is 5.32 Å². The summed E-state index contributed by atoms with van der Waals surface area (Å²) in [6, 6.07) is 1.36. The van der Waals surface area contributed by atoms with Crippen LogP contribution in [0, 0.1) is 0 Å². The average Bonchev–Trinajstić information content (AvgIpc) is 2.77. The summed E-state index contributed by atoms with van der Waals surface area (Å²) in [7, 11) is 0. The van der Waals surface area contributed by atoms with Crippen LogP contribution >= 0.6 is 22.9 Å². The molecule has 2 aliphatic heterocycles. The van der Waals surface area contributed by atoms with E-state index >= 15 is 0 Å². The minimum Gasteiger partial charge on any atom is -0.375 e. The molecule has 2 N–H and O–H groups in total. The standard InChI is InChI=1S/C13H15ClF3NO2S/c1-7-5-11(2-3-18-7)10-8(4-9(14)21-10)12(19,6-20-11)13(15,16)17/h4,7,18-19H,2-3,5-6H2,1H3/t7-,11?,12?/m0/s1. The average molecular weight is 342 g/mol. The van der Waals surface area contributed by atoms with Gasteiger partial charge in [0.05, 0.1) is 10.9 Å². The topological polar surface area (TPSA) is 41.5 Å². The molecular weight excluding hydrogens is 327 g/mol. The van der Waals surface area contributed by atoms with E-state index < -0.39 is 24.0 Å². The van der Waals surface area contributed by atoms with E-state index in [0.29, 0.717) is 24.3 Å². The molecule has 3 heterocycles. The lowest BCUT2D eigenvalue weighted by Crippen LogP contribution is -2.56. The third-order valence-electron chi connectivity index (χ3n) is 4.25. The van der Waals surface area contributed by atoms with Gasteiger partial charge in [-0.1, -0.05) is 11.6 Å². The number of ether oxygens (including phenoxy) is 1. The summed E-state index contributed by atoms with van der Waals surface area (Å²) < 4.78 is 45.6. The van der Waals surface area contributed by atoms with E-state index in [0.717, 1.165) is 11.3 Å². The molecule has 0 aromatic carbocycles. The number of halogens is 4.